The lowest BCUT2D eigenvalue weighted by Gasteiger charge is -2.09. The van der Waals surface area contributed by atoms with E-state index in [2.05, 4.69) is 22.2 Å². The van der Waals surface area contributed by atoms with Gasteiger partial charge in [-0.3, -0.25) is 0 Å². The molecule has 0 atom stereocenters. The maximum Gasteiger partial charge on any atom is 0.228 e. The van der Waals surface area contributed by atoms with Gasteiger partial charge in [0.05, 0.1) is 5.69 Å². The van der Waals surface area contributed by atoms with Crippen LogP contribution < -0.4 is 5.32 Å². The molecule has 0 unspecified atom stereocenters. The molecule has 0 saturated heterocycles. The van der Waals surface area contributed by atoms with E-state index >= 15 is 0 Å². The number of hydrogen-bond donors (Lipinski definition) is 1. The Balaban J connectivity index is 2.31. The number of benzene rings is 1. The molecule has 1 aromatic heterocycles. The van der Waals surface area contributed by atoms with Gasteiger partial charge >= 0.3 is 0 Å². The Morgan fingerprint density at radius 2 is 1.88 bits per heavy atom. The molecule has 3 nitrogen and oxygen atoms in total. The molecule has 2 aromatic rings. The van der Waals surface area contributed by atoms with Crippen molar-refractivity contribution >= 4 is 23.2 Å². The fraction of sp³-hybridized carbons (Fsp3) is 0.231. The van der Waals surface area contributed by atoms with Crippen LogP contribution in [0.3, 0.4) is 0 Å². The molecule has 0 bridgehead atoms. The van der Waals surface area contributed by atoms with Crippen molar-refractivity contribution < 1.29 is 0 Å². The van der Waals surface area contributed by atoms with Gasteiger partial charge in [-0.2, -0.15) is 0 Å². The summed E-state index contributed by atoms with van der Waals surface area (Å²) >= 11 is 6.07. The van der Waals surface area contributed by atoms with Gasteiger partial charge in [-0.25, -0.2) is 9.97 Å². The van der Waals surface area contributed by atoms with Crippen molar-refractivity contribution in [2.24, 2.45) is 0 Å². The summed E-state index contributed by atoms with van der Waals surface area (Å²) in [5, 5.41) is 3.65. The summed E-state index contributed by atoms with van der Waals surface area (Å²) in [5.41, 5.74) is 2.88. The second-order valence-corrected chi connectivity index (χ2v) is 4.11. The number of anilines is 2. The number of nitrogens with zero attached hydrogens (tertiary/aromatic N) is 2. The first-order chi connectivity index (χ1) is 8.20. The molecule has 0 fully saturated rings. The summed E-state index contributed by atoms with van der Waals surface area (Å²) in [6.07, 6.45) is 0.845. The monoisotopic (exact) mass is 247 g/mol. The quantitative estimate of drug-likeness (QED) is 0.840. The third-order valence-electron chi connectivity index (χ3n) is 2.55. The van der Waals surface area contributed by atoms with Crippen LogP contribution in [0.1, 0.15) is 18.2 Å². The minimum absolute atomic E-state index is 0.510. The minimum Gasteiger partial charge on any atom is -0.324 e. The maximum atomic E-state index is 6.07. The molecule has 1 heterocycles. The van der Waals surface area contributed by atoms with Crippen LogP contribution in [0.4, 0.5) is 11.6 Å². The third-order valence-corrected chi connectivity index (χ3v) is 2.92. The lowest BCUT2D eigenvalue weighted by molar-refractivity contribution is 0.976. The number of nitrogens with one attached hydrogen (secondary N) is 1. The lowest BCUT2D eigenvalue weighted by Crippen LogP contribution is -2.02. The van der Waals surface area contributed by atoms with Gasteiger partial charge in [-0.05, 0) is 25.5 Å². The van der Waals surface area contributed by atoms with Crippen molar-refractivity contribution in [3.05, 3.63) is 46.7 Å². The lowest BCUT2D eigenvalue weighted by atomic mass is 10.2. The van der Waals surface area contributed by atoms with Crippen molar-refractivity contribution in [1.82, 2.24) is 9.97 Å². The molecule has 88 valence electrons. The molecular weight excluding hydrogens is 234 g/mol. The first-order valence-corrected chi connectivity index (χ1v) is 5.93. The molecule has 0 aliphatic rings. The van der Waals surface area contributed by atoms with Crippen LogP contribution >= 0.6 is 11.6 Å². The van der Waals surface area contributed by atoms with E-state index in [-0.39, 0.29) is 0 Å². The molecule has 0 spiro atoms. The number of aryl methyl sites for hydroxylation is 1. The van der Waals surface area contributed by atoms with E-state index in [1.54, 1.807) is 0 Å². The molecule has 4 heteroatoms. The SMILES string of the molecule is CCc1nc(Nc2ccccc2)nc(Cl)c1C. The topological polar surface area (TPSA) is 37.8 Å². The summed E-state index contributed by atoms with van der Waals surface area (Å²) in [5.74, 6) is 0.545. The Morgan fingerprint density at radius 1 is 1.18 bits per heavy atom. The van der Waals surface area contributed by atoms with Crippen LogP contribution in [0.15, 0.2) is 30.3 Å². The van der Waals surface area contributed by atoms with E-state index in [4.69, 9.17) is 11.6 Å². The van der Waals surface area contributed by atoms with Crippen LogP contribution in [0, 0.1) is 6.92 Å². The Labute approximate surface area is 106 Å². The highest BCUT2D eigenvalue weighted by atomic mass is 35.5. The smallest absolute Gasteiger partial charge is 0.228 e. The minimum atomic E-state index is 0.510. The van der Waals surface area contributed by atoms with Gasteiger partial charge in [-0.1, -0.05) is 36.7 Å². The molecule has 1 N–H and O–H groups in total. The van der Waals surface area contributed by atoms with Gasteiger partial charge in [0.1, 0.15) is 5.15 Å². The van der Waals surface area contributed by atoms with E-state index in [1.165, 1.54) is 0 Å². The third kappa shape index (κ3) is 2.74. The molecule has 0 saturated carbocycles. The largest absolute Gasteiger partial charge is 0.324 e. The Morgan fingerprint density at radius 3 is 2.53 bits per heavy atom. The standard InChI is InChI=1S/C13H14ClN3/c1-3-11-9(2)12(14)17-13(16-11)15-10-7-5-4-6-8-10/h4-8H,3H2,1-2H3,(H,15,16,17). The molecule has 17 heavy (non-hydrogen) atoms. The Kier molecular flexibility index (Phi) is 3.59. The fourth-order valence-electron chi connectivity index (χ4n) is 1.58. The molecule has 2 rings (SSSR count). The van der Waals surface area contributed by atoms with Crippen molar-refractivity contribution in [2.75, 3.05) is 5.32 Å². The van der Waals surface area contributed by atoms with Gasteiger partial charge in [0, 0.05) is 11.3 Å². The number of halogens is 1. The second kappa shape index (κ2) is 5.15. The predicted molar refractivity (Wildman–Crippen MR) is 70.9 cm³/mol. The summed E-state index contributed by atoms with van der Waals surface area (Å²) in [6, 6.07) is 9.80. The van der Waals surface area contributed by atoms with Crippen molar-refractivity contribution in [2.45, 2.75) is 20.3 Å². The van der Waals surface area contributed by atoms with Crippen LogP contribution in [0.25, 0.3) is 0 Å². The highest BCUT2D eigenvalue weighted by Crippen LogP contribution is 2.20. The molecular formula is C13H14ClN3. The van der Waals surface area contributed by atoms with E-state index in [0.717, 1.165) is 23.4 Å². The predicted octanol–water partition coefficient (Wildman–Crippen LogP) is 3.74. The first-order valence-electron chi connectivity index (χ1n) is 5.55. The fourth-order valence-corrected chi connectivity index (χ4v) is 1.77. The van der Waals surface area contributed by atoms with E-state index < -0.39 is 0 Å². The van der Waals surface area contributed by atoms with Crippen molar-refractivity contribution in [3.8, 4) is 0 Å². The zero-order chi connectivity index (χ0) is 12.3. The molecule has 0 aliphatic carbocycles. The first kappa shape index (κ1) is 11.9. The highest BCUT2D eigenvalue weighted by Gasteiger charge is 2.07. The van der Waals surface area contributed by atoms with Crippen LogP contribution in [0.5, 0.6) is 0 Å². The average molecular weight is 248 g/mol. The van der Waals surface area contributed by atoms with Gasteiger partial charge in [-0.15, -0.1) is 0 Å². The van der Waals surface area contributed by atoms with Crippen molar-refractivity contribution in [3.63, 3.8) is 0 Å². The van der Waals surface area contributed by atoms with Gasteiger partial charge in [0.2, 0.25) is 5.95 Å². The summed E-state index contributed by atoms with van der Waals surface area (Å²) in [7, 11) is 0. The Hall–Kier alpha value is -1.61. The van der Waals surface area contributed by atoms with Crippen LogP contribution in [0.2, 0.25) is 5.15 Å². The number of rotatable bonds is 3. The number of aromatic nitrogens is 2. The zero-order valence-electron chi connectivity index (χ0n) is 9.87. The molecule has 1 aromatic carbocycles. The maximum absolute atomic E-state index is 6.07. The normalized spacial score (nSPS) is 10.3. The van der Waals surface area contributed by atoms with Crippen molar-refractivity contribution in [1.29, 1.82) is 0 Å². The second-order valence-electron chi connectivity index (χ2n) is 3.75. The van der Waals surface area contributed by atoms with E-state index in [1.807, 2.05) is 37.3 Å². The summed E-state index contributed by atoms with van der Waals surface area (Å²) in [4.78, 5) is 8.66. The van der Waals surface area contributed by atoms with Gasteiger partial charge in [0.15, 0.2) is 0 Å². The van der Waals surface area contributed by atoms with E-state index in [0.29, 0.717) is 11.1 Å². The zero-order valence-corrected chi connectivity index (χ0v) is 10.6. The molecule has 0 amide bonds. The van der Waals surface area contributed by atoms with Crippen LogP contribution in [-0.4, -0.2) is 9.97 Å². The summed E-state index contributed by atoms with van der Waals surface area (Å²) in [6.45, 7) is 3.99. The number of para-hydroxylation sites is 1. The molecule has 0 radical (unpaired) electrons. The van der Waals surface area contributed by atoms with E-state index in [9.17, 15) is 0 Å². The average Bonchev–Trinajstić information content (AvgIpc) is 2.35. The van der Waals surface area contributed by atoms with Gasteiger partial charge < -0.3 is 5.32 Å². The summed E-state index contributed by atoms with van der Waals surface area (Å²) < 4.78 is 0. The Bertz CT molecular complexity index is 512. The van der Waals surface area contributed by atoms with Crippen LogP contribution in [-0.2, 0) is 6.42 Å². The molecule has 0 aliphatic heterocycles. The van der Waals surface area contributed by atoms with Gasteiger partial charge in [0.25, 0.3) is 0 Å². The number of hydrogen-bond acceptors (Lipinski definition) is 3. The highest BCUT2D eigenvalue weighted by molar-refractivity contribution is 6.30.